The Morgan fingerprint density at radius 1 is 1.78 bits per heavy atom. The second-order valence-corrected chi connectivity index (χ2v) is 1.75. The van der Waals surface area contributed by atoms with Crippen LogP contribution in [0, 0.1) is 6.92 Å². The van der Waals surface area contributed by atoms with E-state index >= 15 is 0 Å². The number of hydrogen-bond donors (Lipinski definition) is 1. The van der Waals surface area contributed by atoms with Crippen LogP contribution in [-0.2, 0) is 0 Å². The van der Waals surface area contributed by atoms with Crippen LogP contribution >= 0.6 is 0 Å². The van der Waals surface area contributed by atoms with Crippen LogP contribution in [0.1, 0.15) is 16.1 Å². The molecule has 1 aromatic rings. The predicted octanol–water partition coefficient (Wildman–Crippen LogP) is 1.11. The summed E-state index contributed by atoms with van der Waals surface area (Å²) in [6, 6.07) is 0. The van der Waals surface area contributed by atoms with Gasteiger partial charge in [0.2, 0.25) is 5.76 Å². The molecule has 0 fully saturated rings. The van der Waals surface area contributed by atoms with Crippen LogP contribution in [0.5, 0.6) is 5.75 Å². The first-order chi connectivity index (χ1) is 4.25. The van der Waals surface area contributed by atoms with Gasteiger partial charge in [-0.1, -0.05) is 0 Å². The molecular weight excluding hydrogens is 120 g/mol. The minimum absolute atomic E-state index is 0.00694. The third-order valence-electron chi connectivity index (χ3n) is 1.08. The van der Waals surface area contributed by atoms with E-state index in [1.54, 1.807) is 6.92 Å². The molecule has 0 saturated heterocycles. The number of aryl methyl sites for hydroxylation is 1. The zero-order valence-corrected chi connectivity index (χ0v) is 4.92. The molecule has 1 heterocycles. The molecule has 0 unspecified atom stereocenters. The summed E-state index contributed by atoms with van der Waals surface area (Å²) in [5.41, 5.74) is 0.581. The molecule has 3 heteroatoms. The average Bonchev–Trinajstić information content (AvgIpc) is 2.15. The number of furan rings is 1. The number of aromatic hydroxyl groups is 1. The first-order valence-corrected chi connectivity index (χ1v) is 2.48. The third-order valence-corrected chi connectivity index (χ3v) is 1.08. The summed E-state index contributed by atoms with van der Waals surface area (Å²) in [6.07, 6.45) is 1.81. The van der Waals surface area contributed by atoms with E-state index in [-0.39, 0.29) is 11.5 Å². The molecule has 0 saturated carbocycles. The van der Waals surface area contributed by atoms with Crippen molar-refractivity contribution >= 4 is 6.29 Å². The van der Waals surface area contributed by atoms with Crippen LogP contribution in [0.15, 0.2) is 10.7 Å². The maximum absolute atomic E-state index is 9.99. The van der Waals surface area contributed by atoms with Gasteiger partial charge in [-0.3, -0.25) is 4.79 Å². The fourth-order valence-corrected chi connectivity index (χ4v) is 0.541. The van der Waals surface area contributed by atoms with Crippen molar-refractivity contribution in [3.05, 3.63) is 17.6 Å². The van der Waals surface area contributed by atoms with Crippen LogP contribution in [0.4, 0.5) is 0 Å². The molecule has 0 aliphatic rings. The van der Waals surface area contributed by atoms with E-state index in [4.69, 9.17) is 5.11 Å². The maximum Gasteiger partial charge on any atom is 0.208 e. The summed E-state index contributed by atoms with van der Waals surface area (Å²) in [5.74, 6) is -0.0718. The van der Waals surface area contributed by atoms with E-state index in [1.807, 2.05) is 0 Å². The van der Waals surface area contributed by atoms with Gasteiger partial charge in [0.1, 0.15) is 0 Å². The monoisotopic (exact) mass is 126 g/mol. The second kappa shape index (κ2) is 1.93. The van der Waals surface area contributed by atoms with Gasteiger partial charge >= 0.3 is 0 Å². The smallest absolute Gasteiger partial charge is 0.208 e. The highest BCUT2D eigenvalue weighted by atomic mass is 16.4. The average molecular weight is 126 g/mol. The lowest BCUT2D eigenvalue weighted by Crippen LogP contribution is -1.72. The number of carbonyl (C=O) groups excluding carboxylic acids is 1. The summed E-state index contributed by atoms with van der Waals surface area (Å²) in [5, 5.41) is 8.91. The van der Waals surface area contributed by atoms with E-state index in [0.29, 0.717) is 11.8 Å². The highest BCUT2D eigenvalue weighted by Gasteiger charge is 2.05. The fourth-order valence-electron chi connectivity index (χ4n) is 0.541. The van der Waals surface area contributed by atoms with Crippen molar-refractivity contribution < 1.29 is 14.3 Å². The summed E-state index contributed by atoms with van der Waals surface area (Å²) in [6.45, 7) is 1.66. The van der Waals surface area contributed by atoms with Gasteiger partial charge in [0.25, 0.3) is 0 Å². The largest absolute Gasteiger partial charge is 0.504 e. The molecule has 1 N–H and O–H groups in total. The van der Waals surface area contributed by atoms with E-state index in [2.05, 4.69) is 4.42 Å². The van der Waals surface area contributed by atoms with Crippen LogP contribution in [-0.4, -0.2) is 11.4 Å². The Morgan fingerprint density at radius 3 is 2.67 bits per heavy atom. The Labute approximate surface area is 51.9 Å². The Morgan fingerprint density at radius 2 is 2.44 bits per heavy atom. The number of hydrogen-bond acceptors (Lipinski definition) is 3. The van der Waals surface area contributed by atoms with Crippen LogP contribution in [0.2, 0.25) is 0 Å². The summed E-state index contributed by atoms with van der Waals surface area (Å²) in [4.78, 5) is 9.99. The molecule has 0 bridgehead atoms. The van der Waals surface area contributed by atoms with E-state index in [1.165, 1.54) is 6.26 Å². The first kappa shape index (κ1) is 5.88. The molecule has 0 radical (unpaired) electrons. The Kier molecular flexibility index (Phi) is 1.26. The first-order valence-electron chi connectivity index (χ1n) is 2.48. The van der Waals surface area contributed by atoms with Gasteiger partial charge in [-0.05, 0) is 6.92 Å². The van der Waals surface area contributed by atoms with Crippen molar-refractivity contribution in [3.8, 4) is 5.75 Å². The van der Waals surface area contributed by atoms with Crippen LogP contribution in [0.3, 0.4) is 0 Å². The molecular formula is C6H6O3. The minimum Gasteiger partial charge on any atom is -0.504 e. The molecule has 0 aromatic carbocycles. The fraction of sp³-hybridized carbons (Fsp3) is 0.167. The van der Waals surface area contributed by atoms with E-state index < -0.39 is 0 Å². The molecule has 48 valence electrons. The van der Waals surface area contributed by atoms with Crippen LogP contribution < -0.4 is 0 Å². The topological polar surface area (TPSA) is 50.4 Å². The maximum atomic E-state index is 9.99. The second-order valence-electron chi connectivity index (χ2n) is 1.75. The predicted molar refractivity (Wildman–Crippen MR) is 30.5 cm³/mol. The van der Waals surface area contributed by atoms with E-state index in [0.717, 1.165) is 0 Å². The van der Waals surface area contributed by atoms with Crippen molar-refractivity contribution in [2.45, 2.75) is 6.92 Å². The zero-order valence-electron chi connectivity index (χ0n) is 4.92. The summed E-state index contributed by atoms with van der Waals surface area (Å²) < 4.78 is 4.63. The lowest BCUT2D eigenvalue weighted by Gasteiger charge is -1.82. The molecule has 3 nitrogen and oxygen atoms in total. The lowest BCUT2D eigenvalue weighted by atomic mass is 10.3. The van der Waals surface area contributed by atoms with E-state index in [9.17, 15) is 4.79 Å². The molecule has 9 heavy (non-hydrogen) atoms. The number of carbonyl (C=O) groups is 1. The van der Waals surface area contributed by atoms with Crippen molar-refractivity contribution in [2.24, 2.45) is 0 Å². The van der Waals surface area contributed by atoms with Gasteiger partial charge in [0.15, 0.2) is 12.0 Å². The molecule has 0 spiro atoms. The van der Waals surface area contributed by atoms with Crippen molar-refractivity contribution in [1.29, 1.82) is 0 Å². The molecule has 0 aliphatic carbocycles. The van der Waals surface area contributed by atoms with Crippen molar-refractivity contribution in [3.63, 3.8) is 0 Å². The quantitative estimate of drug-likeness (QED) is 0.573. The Hall–Kier alpha value is -1.25. The molecule has 1 rings (SSSR count). The molecule has 0 atom stereocenters. The van der Waals surface area contributed by atoms with Gasteiger partial charge in [-0.2, -0.15) is 0 Å². The normalized spacial score (nSPS) is 9.44. The van der Waals surface area contributed by atoms with Crippen molar-refractivity contribution in [1.82, 2.24) is 0 Å². The van der Waals surface area contributed by atoms with Gasteiger partial charge < -0.3 is 9.52 Å². The molecule has 0 aliphatic heterocycles. The minimum atomic E-state index is -0.0648. The molecule has 0 amide bonds. The Bertz CT molecular complexity index is 224. The Balaban J connectivity index is 3.18. The standard InChI is InChI=1S/C6H6O3/c1-4-3-9-5(2-7)6(4)8/h2-3,8H,1H3. The number of rotatable bonds is 1. The number of aldehydes is 1. The highest BCUT2D eigenvalue weighted by molar-refractivity contribution is 5.75. The van der Waals surface area contributed by atoms with Gasteiger partial charge in [-0.25, -0.2) is 0 Å². The summed E-state index contributed by atoms with van der Waals surface area (Å²) >= 11 is 0. The summed E-state index contributed by atoms with van der Waals surface area (Å²) in [7, 11) is 0. The van der Waals surface area contributed by atoms with Gasteiger partial charge in [0.05, 0.1) is 6.26 Å². The highest BCUT2D eigenvalue weighted by Crippen LogP contribution is 2.20. The SMILES string of the molecule is Cc1coc(C=O)c1O. The van der Waals surface area contributed by atoms with Crippen molar-refractivity contribution in [2.75, 3.05) is 0 Å². The zero-order chi connectivity index (χ0) is 6.85. The lowest BCUT2D eigenvalue weighted by molar-refractivity contribution is 0.109. The van der Waals surface area contributed by atoms with Crippen LogP contribution in [0.25, 0.3) is 0 Å². The van der Waals surface area contributed by atoms with Gasteiger partial charge in [0, 0.05) is 5.56 Å². The van der Waals surface area contributed by atoms with Gasteiger partial charge in [-0.15, -0.1) is 0 Å². The third kappa shape index (κ3) is 0.806. The molecule has 1 aromatic heterocycles.